The Kier molecular flexibility index (Phi) is 7.59. The number of nitrogens with zero attached hydrogens (tertiary/aromatic N) is 3. The molecule has 0 aromatic heterocycles. The Morgan fingerprint density at radius 2 is 1.73 bits per heavy atom. The summed E-state index contributed by atoms with van der Waals surface area (Å²) in [6, 6.07) is 9.82. The van der Waals surface area contributed by atoms with E-state index in [9.17, 15) is 19.7 Å². The molecule has 2 aromatic carbocycles. The van der Waals surface area contributed by atoms with E-state index in [1.54, 1.807) is 19.1 Å². The van der Waals surface area contributed by atoms with E-state index in [1.807, 2.05) is 35.8 Å². The molecular formula is C23H26N4O5S. The van der Waals surface area contributed by atoms with Crippen LogP contribution in [0.4, 0.5) is 11.4 Å². The van der Waals surface area contributed by atoms with Crippen molar-refractivity contribution in [3.63, 3.8) is 0 Å². The molecule has 174 valence electrons. The van der Waals surface area contributed by atoms with Crippen molar-refractivity contribution >= 4 is 40.6 Å². The molecule has 0 atom stereocenters. The van der Waals surface area contributed by atoms with Crippen LogP contribution < -0.4 is 10.2 Å². The lowest BCUT2D eigenvalue weighted by Crippen LogP contribution is -2.52. The van der Waals surface area contributed by atoms with Crippen LogP contribution >= 0.6 is 12.2 Å². The molecular weight excluding hydrogens is 444 g/mol. The van der Waals surface area contributed by atoms with Gasteiger partial charge in [-0.25, -0.2) is 4.79 Å². The molecule has 1 aliphatic heterocycles. The minimum Gasteiger partial charge on any atom is -0.462 e. The van der Waals surface area contributed by atoms with Gasteiger partial charge in [-0.2, -0.15) is 0 Å². The lowest BCUT2D eigenvalue weighted by molar-refractivity contribution is -0.384. The van der Waals surface area contributed by atoms with Crippen LogP contribution in [0.5, 0.6) is 0 Å². The van der Waals surface area contributed by atoms with Crippen LogP contribution in [0.15, 0.2) is 36.4 Å². The number of hydrogen-bond donors (Lipinski definition) is 1. The molecule has 0 spiro atoms. The zero-order valence-electron chi connectivity index (χ0n) is 18.8. The second-order valence-electron chi connectivity index (χ2n) is 7.71. The Morgan fingerprint density at radius 3 is 2.33 bits per heavy atom. The van der Waals surface area contributed by atoms with Crippen molar-refractivity contribution in [2.75, 3.05) is 37.7 Å². The first-order valence-electron chi connectivity index (χ1n) is 10.6. The Morgan fingerprint density at radius 1 is 1.06 bits per heavy atom. The topological polar surface area (TPSA) is 105 Å². The number of thiocarbonyl (C=S) groups is 1. The molecule has 0 radical (unpaired) electrons. The molecule has 1 heterocycles. The summed E-state index contributed by atoms with van der Waals surface area (Å²) in [5.41, 5.74) is 3.09. The summed E-state index contributed by atoms with van der Waals surface area (Å²) in [6.07, 6.45) is 0. The summed E-state index contributed by atoms with van der Waals surface area (Å²) in [5, 5.41) is 14.7. The van der Waals surface area contributed by atoms with Gasteiger partial charge in [0.05, 0.1) is 17.1 Å². The first-order chi connectivity index (χ1) is 15.7. The van der Waals surface area contributed by atoms with Gasteiger partial charge in [0.1, 0.15) is 5.69 Å². The number of anilines is 1. The molecule has 0 saturated carbocycles. The number of nitro benzene ring substituents is 1. The first kappa shape index (κ1) is 24.1. The highest BCUT2D eigenvalue weighted by molar-refractivity contribution is 7.80. The number of benzene rings is 2. The molecule has 0 unspecified atom stereocenters. The average Bonchev–Trinajstić information content (AvgIpc) is 2.80. The molecule has 1 fully saturated rings. The number of rotatable bonds is 5. The van der Waals surface area contributed by atoms with E-state index in [2.05, 4.69) is 5.32 Å². The molecule has 9 nitrogen and oxygen atoms in total. The van der Waals surface area contributed by atoms with Crippen LogP contribution in [0, 0.1) is 24.0 Å². The van der Waals surface area contributed by atoms with Crippen LogP contribution in [0.3, 0.4) is 0 Å². The third kappa shape index (κ3) is 5.64. The first-order valence-corrected chi connectivity index (χ1v) is 11.0. The smallest absolute Gasteiger partial charge is 0.338 e. The Hall–Kier alpha value is -3.53. The van der Waals surface area contributed by atoms with Crippen molar-refractivity contribution in [1.82, 2.24) is 10.2 Å². The number of piperazine rings is 1. The standard InChI is InChI=1S/C23H26N4O5S/c1-4-32-22(29)18-7-8-19(20(14-18)27(30)31)25-9-11-26(12-10-25)23(33)24-21(28)17-6-5-15(2)16(3)13-17/h5-8,13-14H,4,9-12H2,1-3H3,(H,24,28,33). The fraction of sp³-hybridized carbons (Fsp3) is 0.348. The van der Waals surface area contributed by atoms with Crippen LogP contribution in [-0.4, -0.2) is 59.6 Å². The van der Waals surface area contributed by atoms with E-state index in [4.69, 9.17) is 17.0 Å². The van der Waals surface area contributed by atoms with Gasteiger partial charge in [-0.15, -0.1) is 0 Å². The normalized spacial score (nSPS) is 13.4. The van der Waals surface area contributed by atoms with Gasteiger partial charge in [0.25, 0.3) is 11.6 Å². The number of nitrogens with one attached hydrogen (secondary N) is 1. The number of nitro groups is 1. The van der Waals surface area contributed by atoms with E-state index in [-0.39, 0.29) is 23.8 Å². The highest BCUT2D eigenvalue weighted by Gasteiger charge is 2.26. The number of carbonyl (C=O) groups excluding carboxylic acids is 2. The van der Waals surface area contributed by atoms with Gasteiger partial charge < -0.3 is 14.5 Å². The zero-order valence-corrected chi connectivity index (χ0v) is 19.6. The van der Waals surface area contributed by atoms with Gasteiger partial charge in [0, 0.05) is 37.8 Å². The predicted octanol–water partition coefficient (Wildman–Crippen LogP) is 3.23. The van der Waals surface area contributed by atoms with Gasteiger partial charge in [-0.3, -0.25) is 20.2 Å². The van der Waals surface area contributed by atoms with Gasteiger partial charge in [-0.1, -0.05) is 6.07 Å². The Balaban J connectivity index is 1.64. The molecule has 1 amide bonds. The number of ether oxygens (including phenoxy) is 1. The molecule has 1 saturated heterocycles. The minimum absolute atomic E-state index is 0.140. The Labute approximate surface area is 197 Å². The highest BCUT2D eigenvalue weighted by atomic mass is 32.1. The van der Waals surface area contributed by atoms with Gasteiger partial charge in [0.15, 0.2) is 5.11 Å². The molecule has 3 rings (SSSR count). The van der Waals surface area contributed by atoms with E-state index in [1.165, 1.54) is 12.1 Å². The summed E-state index contributed by atoms with van der Waals surface area (Å²) in [6.45, 7) is 7.72. The number of hydrogen-bond acceptors (Lipinski definition) is 7. The number of carbonyl (C=O) groups is 2. The predicted molar refractivity (Wildman–Crippen MR) is 129 cm³/mol. The second-order valence-corrected chi connectivity index (χ2v) is 8.10. The van der Waals surface area contributed by atoms with Crippen molar-refractivity contribution in [3.8, 4) is 0 Å². The summed E-state index contributed by atoms with van der Waals surface area (Å²) in [4.78, 5) is 39.3. The highest BCUT2D eigenvalue weighted by Crippen LogP contribution is 2.30. The molecule has 10 heteroatoms. The zero-order chi connectivity index (χ0) is 24.1. The maximum atomic E-state index is 12.6. The van der Waals surface area contributed by atoms with E-state index < -0.39 is 10.9 Å². The van der Waals surface area contributed by atoms with Crippen molar-refractivity contribution in [2.45, 2.75) is 20.8 Å². The number of aryl methyl sites for hydroxylation is 2. The molecule has 0 bridgehead atoms. The largest absolute Gasteiger partial charge is 0.462 e. The molecule has 33 heavy (non-hydrogen) atoms. The van der Waals surface area contributed by atoms with Gasteiger partial charge >= 0.3 is 5.97 Å². The second kappa shape index (κ2) is 10.4. The summed E-state index contributed by atoms with van der Waals surface area (Å²) < 4.78 is 4.93. The van der Waals surface area contributed by atoms with Gasteiger partial charge in [0.2, 0.25) is 0 Å². The van der Waals surface area contributed by atoms with Crippen LogP contribution in [-0.2, 0) is 4.74 Å². The minimum atomic E-state index is -0.596. The maximum Gasteiger partial charge on any atom is 0.338 e. The lowest BCUT2D eigenvalue weighted by Gasteiger charge is -2.37. The maximum absolute atomic E-state index is 12.6. The Bertz CT molecular complexity index is 1100. The van der Waals surface area contributed by atoms with Crippen LogP contribution in [0.2, 0.25) is 0 Å². The molecule has 1 aliphatic rings. The fourth-order valence-corrected chi connectivity index (χ4v) is 3.84. The average molecular weight is 471 g/mol. The van der Waals surface area contributed by atoms with Crippen molar-refractivity contribution in [1.29, 1.82) is 0 Å². The quantitative estimate of drug-likeness (QED) is 0.307. The van der Waals surface area contributed by atoms with Crippen molar-refractivity contribution < 1.29 is 19.2 Å². The summed E-state index contributed by atoms with van der Waals surface area (Å²) >= 11 is 5.42. The third-order valence-corrected chi connectivity index (χ3v) is 5.94. The van der Waals surface area contributed by atoms with Crippen LogP contribution in [0.1, 0.15) is 38.8 Å². The SMILES string of the molecule is CCOC(=O)c1ccc(N2CCN(C(=S)NC(=O)c3ccc(C)c(C)c3)CC2)c([N+](=O)[O-])c1. The molecule has 0 aliphatic carbocycles. The molecule has 1 N–H and O–H groups in total. The monoisotopic (exact) mass is 470 g/mol. The third-order valence-electron chi connectivity index (χ3n) is 5.58. The number of esters is 1. The van der Waals surface area contributed by atoms with E-state index in [0.29, 0.717) is 42.5 Å². The van der Waals surface area contributed by atoms with Crippen LogP contribution in [0.25, 0.3) is 0 Å². The lowest BCUT2D eigenvalue weighted by atomic mass is 10.1. The van der Waals surface area contributed by atoms with Gasteiger partial charge in [-0.05, 0) is 68.4 Å². The van der Waals surface area contributed by atoms with Crippen molar-refractivity contribution in [3.05, 3.63) is 68.8 Å². The van der Waals surface area contributed by atoms with E-state index >= 15 is 0 Å². The van der Waals surface area contributed by atoms with Crippen molar-refractivity contribution in [2.24, 2.45) is 0 Å². The fourth-order valence-electron chi connectivity index (χ4n) is 3.56. The number of amides is 1. The summed E-state index contributed by atoms with van der Waals surface area (Å²) in [5.74, 6) is -0.863. The van der Waals surface area contributed by atoms with E-state index in [0.717, 1.165) is 11.1 Å². The summed E-state index contributed by atoms with van der Waals surface area (Å²) in [7, 11) is 0. The molecule has 2 aromatic rings.